The summed E-state index contributed by atoms with van der Waals surface area (Å²) >= 11 is 0. The van der Waals surface area contributed by atoms with Crippen molar-refractivity contribution < 1.29 is 14.3 Å². The van der Waals surface area contributed by atoms with Gasteiger partial charge in [0, 0.05) is 43.9 Å². The minimum absolute atomic E-state index is 0.0659. The first-order chi connectivity index (χ1) is 11.1. The number of ether oxygens (including phenoxy) is 2. The number of nitrogens with zero attached hydrogens (tertiary/aromatic N) is 2. The second kappa shape index (κ2) is 8.02. The standard InChI is InChI=1S/C18H26N2O3/c1-5-19-8-10-20(11-9-19)18(21)12-14(2)16-7-6-15(22-3)13-17(16)23-4/h6-7,12-13H,5,8-11H2,1-4H3/b14-12+. The van der Waals surface area contributed by atoms with Crippen LogP contribution in [0.1, 0.15) is 19.4 Å². The van der Waals surface area contributed by atoms with Crippen LogP contribution in [0.2, 0.25) is 0 Å². The van der Waals surface area contributed by atoms with Crippen LogP contribution in [0.5, 0.6) is 11.5 Å². The lowest BCUT2D eigenvalue weighted by Gasteiger charge is -2.33. The van der Waals surface area contributed by atoms with Gasteiger partial charge in [-0.3, -0.25) is 4.79 Å². The fraction of sp³-hybridized carbons (Fsp3) is 0.500. The third kappa shape index (κ3) is 4.26. The second-order valence-electron chi connectivity index (χ2n) is 5.65. The SMILES string of the molecule is CCN1CCN(C(=O)/C=C(\C)c2ccc(OC)cc2OC)CC1. The van der Waals surface area contributed by atoms with Crippen molar-refractivity contribution in [1.82, 2.24) is 9.80 Å². The maximum absolute atomic E-state index is 12.5. The third-order valence-corrected chi connectivity index (χ3v) is 4.30. The molecule has 1 amide bonds. The van der Waals surface area contributed by atoms with Gasteiger partial charge in [0.15, 0.2) is 0 Å². The highest BCUT2D eigenvalue weighted by Gasteiger charge is 2.19. The molecule has 2 rings (SSSR count). The fourth-order valence-electron chi connectivity index (χ4n) is 2.76. The molecule has 0 unspecified atom stereocenters. The lowest BCUT2D eigenvalue weighted by Crippen LogP contribution is -2.48. The van der Waals surface area contributed by atoms with Gasteiger partial charge in [0.25, 0.3) is 0 Å². The Morgan fingerprint density at radius 3 is 2.43 bits per heavy atom. The van der Waals surface area contributed by atoms with Gasteiger partial charge < -0.3 is 19.3 Å². The minimum atomic E-state index is 0.0659. The Hall–Kier alpha value is -2.01. The number of hydrogen-bond donors (Lipinski definition) is 0. The Balaban J connectivity index is 2.11. The number of allylic oxidation sites excluding steroid dienone is 1. The maximum atomic E-state index is 12.5. The van der Waals surface area contributed by atoms with E-state index in [1.165, 1.54) is 0 Å². The van der Waals surface area contributed by atoms with Crippen LogP contribution in [0.15, 0.2) is 24.3 Å². The molecule has 1 fully saturated rings. The largest absolute Gasteiger partial charge is 0.497 e. The highest BCUT2D eigenvalue weighted by molar-refractivity contribution is 5.95. The minimum Gasteiger partial charge on any atom is -0.497 e. The van der Waals surface area contributed by atoms with Crippen LogP contribution < -0.4 is 9.47 Å². The van der Waals surface area contributed by atoms with E-state index in [2.05, 4.69) is 11.8 Å². The van der Waals surface area contributed by atoms with Gasteiger partial charge in [0.1, 0.15) is 11.5 Å². The molecule has 0 N–H and O–H groups in total. The molecule has 0 bridgehead atoms. The zero-order valence-electron chi connectivity index (χ0n) is 14.5. The predicted molar refractivity (Wildman–Crippen MR) is 91.9 cm³/mol. The topological polar surface area (TPSA) is 42.0 Å². The van der Waals surface area contributed by atoms with Crippen LogP contribution in [-0.4, -0.2) is 62.7 Å². The number of methoxy groups -OCH3 is 2. The Bertz CT molecular complexity index is 576. The van der Waals surface area contributed by atoms with Crippen molar-refractivity contribution in [2.45, 2.75) is 13.8 Å². The van der Waals surface area contributed by atoms with Gasteiger partial charge >= 0.3 is 0 Å². The normalized spacial score (nSPS) is 16.3. The van der Waals surface area contributed by atoms with Crippen LogP contribution in [0.3, 0.4) is 0 Å². The molecule has 0 aromatic heterocycles. The van der Waals surface area contributed by atoms with Crippen molar-refractivity contribution in [1.29, 1.82) is 0 Å². The molecule has 1 aromatic carbocycles. The van der Waals surface area contributed by atoms with Gasteiger partial charge in [-0.25, -0.2) is 0 Å². The average Bonchev–Trinajstić information content (AvgIpc) is 2.60. The quantitative estimate of drug-likeness (QED) is 0.781. The van der Waals surface area contributed by atoms with Crippen LogP contribution in [0.4, 0.5) is 0 Å². The van der Waals surface area contributed by atoms with Crippen LogP contribution in [0.25, 0.3) is 5.57 Å². The van der Waals surface area contributed by atoms with E-state index < -0.39 is 0 Å². The van der Waals surface area contributed by atoms with E-state index in [4.69, 9.17) is 9.47 Å². The lowest BCUT2D eigenvalue weighted by atomic mass is 10.1. The van der Waals surface area contributed by atoms with Crippen molar-refractivity contribution in [3.05, 3.63) is 29.8 Å². The molecule has 5 nitrogen and oxygen atoms in total. The van der Waals surface area contributed by atoms with Crippen molar-refractivity contribution in [3.63, 3.8) is 0 Å². The molecule has 5 heteroatoms. The molecule has 1 aliphatic heterocycles. The van der Waals surface area contributed by atoms with Crippen molar-refractivity contribution in [3.8, 4) is 11.5 Å². The molecule has 0 aliphatic carbocycles. The van der Waals surface area contributed by atoms with E-state index in [0.29, 0.717) is 5.75 Å². The molecule has 1 aliphatic rings. The molecule has 0 atom stereocenters. The first-order valence-corrected chi connectivity index (χ1v) is 8.01. The predicted octanol–water partition coefficient (Wildman–Crippen LogP) is 2.27. The maximum Gasteiger partial charge on any atom is 0.246 e. The number of likely N-dealkylation sites (N-methyl/N-ethyl adjacent to an activating group) is 1. The second-order valence-corrected chi connectivity index (χ2v) is 5.65. The molecule has 23 heavy (non-hydrogen) atoms. The average molecular weight is 318 g/mol. The summed E-state index contributed by atoms with van der Waals surface area (Å²) in [6.45, 7) is 8.59. The van der Waals surface area contributed by atoms with E-state index in [0.717, 1.165) is 49.6 Å². The molecule has 1 saturated heterocycles. The number of amides is 1. The zero-order chi connectivity index (χ0) is 16.8. The zero-order valence-corrected chi connectivity index (χ0v) is 14.5. The summed E-state index contributed by atoms with van der Waals surface area (Å²) in [5, 5.41) is 0. The van der Waals surface area contributed by atoms with Gasteiger partial charge in [0.2, 0.25) is 5.91 Å². The van der Waals surface area contributed by atoms with Crippen LogP contribution in [-0.2, 0) is 4.79 Å². The summed E-state index contributed by atoms with van der Waals surface area (Å²) in [6.07, 6.45) is 1.70. The highest BCUT2D eigenvalue weighted by Crippen LogP contribution is 2.30. The van der Waals surface area contributed by atoms with Crippen molar-refractivity contribution in [2.24, 2.45) is 0 Å². The number of rotatable bonds is 5. The number of carbonyl (C=O) groups excluding carboxylic acids is 1. The van der Waals surface area contributed by atoms with Gasteiger partial charge in [-0.2, -0.15) is 0 Å². The van der Waals surface area contributed by atoms with Gasteiger partial charge in [-0.15, -0.1) is 0 Å². The molecule has 0 spiro atoms. The number of hydrogen-bond acceptors (Lipinski definition) is 4. The third-order valence-electron chi connectivity index (χ3n) is 4.30. The Morgan fingerprint density at radius 1 is 1.17 bits per heavy atom. The molecule has 0 radical (unpaired) electrons. The van der Waals surface area contributed by atoms with E-state index in [1.807, 2.05) is 30.0 Å². The monoisotopic (exact) mass is 318 g/mol. The number of carbonyl (C=O) groups is 1. The summed E-state index contributed by atoms with van der Waals surface area (Å²) in [4.78, 5) is 16.7. The molecule has 1 aromatic rings. The fourth-order valence-corrected chi connectivity index (χ4v) is 2.76. The number of piperazine rings is 1. The van der Waals surface area contributed by atoms with Crippen LogP contribution in [0, 0.1) is 0 Å². The van der Waals surface area contributed by atoms with Crippen LogP contribution >= 0.6 is 0 Å². The summed E-state index contributed by atoms with van der Waals surface area (Å²) < 4.78 is 10.6. The molecule has 126 valence electrons. The smallest absolute Gasteiger partial charge is 0.246 e. The lowest BCUT2D eigenvalue weighted by molar-refractivity contribution is -0.127. The Kier molecular flexibility index (Phi) is 6.04. The van der Waals surface area contributed by atoms with Gasteiger partial charge in [-0.05, 0) is 31.2 Å². The molecule has 1 heterocycles. The van der Waals surface area contributed by atoms with Crippen molar-refractivity contribution in [2.75, 3.05) is 46.9 Å². The summed E-state index contributed by atoms with van der Waals surface area (Å²) in [5.74, 6) is 1.51. The van der Waals surface area contributed by atoms with Gasteiger partial charge in [0.05, 0.1) is 14.2 Å². The first-order valence-electron chi connectivity index (χ1n) is 8.01. The molecular formula is C18H26N2O3. The van der Waals surface area contributed by atoms with E-state index in [9.17, 15) is 4.79 Å². The first kappa shape index (κ1) is 17.3. The van der Waals surface area contributed by atoms with E-state index in [1.54, 1.807) is 20.3 Å². The molecule has 0 saturated carbocycles. The summed E-state index contributed by atoms with van der Waals surface area (Å²) in [5.41, 5.74) is 1.81. The summed E-state index contributed by atoms with van der Waals surface area (Å²) in [6, 6.07) is 5.63. The van der Waals surface area contributed by atoms with E-state index in [-0.39, 0.29) is 5.91 Å². The highest BCUT2D eigenvalue weighted by atomic mass is 16.5. The van der Waals surface area contributed by atoms with Gasteiger partial charge in [-0.1, -0.05) is 6.92 Å². The Morgan fingerprint density at radius 2 is 1.87 bits per heavy atom. The Labute approximate surface area is 138 Å². The molecular weight excluding hydrogens is 292 g/mol. The summed E-state index contributed by atoms with van der Waals surface area (Å²) in [7, 11) is 3.24. The van der Waals surface area contributed by atoms with E-state index >= 15 is 0 Å². The number of benzene rings is 1. The van der Waals surface area contributed by atoms with Crippen molar-refractivity contribution >= 4 is 11.5 Å².